The van der Waals surface area contributed by atoms with Crippen LogP contribution in [-0.2, 0) is 29.1 Å². The number of aromatic nitrogens is 1. The van der Waals surface area contributed by atoms with Crippen molar-refractivity contribution in [1.82, 2.24) is 10.3 Å². The van der Waals surface area contributed by atoms with Gasteiger partial charge in [-0.05, 0) is 94.3 Å². The Balaban J connectivity index is 1.28. The largest absolute Gasteiger partial charge is 0.488 e. The van der Waals surface area contributed by atoms with Crippen molar-refractivity contribution < 1.29 is 14.3 Å². The molecule has 3 aromatic rings. The van der Waals surface area contributed by atoms with E-state index in [-0.39, 0.29) is 11.9 Å². The summed E-state index contributed by atoms with van der Waals surface area (Å²) in [5, 5.41) is 6.58. The van der Waals surface area contributed by atoms with Gasteiger partial charge in [-0.1, -0.05) is 24.3 Å². The van der Waals surface area contributed by atoms with Crippen molar-refractivity contribution in [2.45, 2.75) is 72.6 Å². The molecule has 0 unspecified atom stereocenters. The van der Waals surface area contributed by atoms with Crippen molar-refractivity contribution in [2.24, 2.45) is 5.92 Å². The number of aryl methyl sites for hydroxylation is 2. The Labute approximate surface area is 230 Å². The number of carbonyl (C=O) groups excluding carboxylic acids is 1. The maximum Gasteiger partial charge on any atom is 0.309 e. The van der Waals surface area contributed by atoms with E-state index in [0.29, 0.717) is 6.61 Å². The number of rotatable bonds is 6. The predicted molar refractivity (Wildman–Crippen MR) is 154 cm³/mol. The lowest BCUT2D eigenvalue weighted by Crippen LogP contribution is -2.38. The summed E-state index contributed by atoms with van der Waals surface area (Å²) in [4.78, 5) is 19.8. The highest BCUT2D eigenvalue weighted by atomic mass is 32.1. The molecule has 1 aromatic heterocycles. The standard InChI is InChI=1S/C31H39N3O3S/c1-20-7-6-8-25(28(20)36-18-22-15-21(2)26-17-32-12-9-24(26)16-22)27-19-38-30(33-27)34-13-10-23(11-14-34)29(35)37-31(3,4)5/h6-8,15-16,19,23,32H,9-14,17-18H2,1-5H3. The van der Waals surface area contributed by atoms with Crippen molar-refractivity contribution in [3.8, 4) is 17.0 Å². The van der Waals surface area contributed by atoms with Gasteiger partial charge in [0.15, 0.2) is 5.13 Å². The monoisotopic (exact) mass is 533 g/mol. The van der Waals surface area contributed by atoms with Crippen LogP contribution in [0.3, 0.4) is 0 Å². The van der Waals surface area contributed by atoms with E-state index >= 15 is 0 Å². The molecule has 0 spiro atoms. The van der Waals surface area contributed by atoms with E-state index in [4.69, 9.17) is 14.5 Å². The summed E-state index contributed by atoms with van der Waals surface area (Å²) in [6.07, 6.45) is 2.65. The average molecular weight is 534 g/mol. The first-order chi connectivity index (χ1) is 18.2. The molecule has 0 amide bonds. The summed E-state index contributed by atoms with van der Waals surface area (Å²) in [5.74, 6) is 0.777. The molecule has 7 heteroatoms. The van der Waals surface area contributed by atoms with Gasteiger partial charge in [0.25, 0.3) is 0 Å². The number of carbonyl (C=O) groups is 1. The summed E-state index contributed by atoms with van der Waals surface area (Å²) < 4.78 is 12.1. The number of hydrogen-bond acceptors (Lipinski definition) is 7. The van der Waals surface area contributed by atoms with Crippen molar-refractivity contribution in [2.75, 3.05) is 24.5 Å². The van der Waals surface area contributed by atoms with E-state index in [9.17, 15) is 4.79 Å². The number of nitrogens with one attached hydrogen (secondary N) is 1. The van der Waals surface area contributed by atoms with E-state index in [1.165, 1.54) is 22.3 Å². The SMILES string of the molecule is Cc1cc(COc2c(C)cccc2-c2csc(N3CCC(C(=O)OC(C)(C)C)CC3)n2)cc2c1CNCC2. The fraction of sp³-hybridized carbons (Fsp3) is 0.484. The van der Waals surface area contributed by atoms with Gasteiger partial charge in [-0.15, -0.1) is 11.3 Å². The van der Waals surface area contributed by atoms with Crippen LogP contribution in [0.15, 0.2) is 35.7 Å². The fourth-order valence-corrected chi connectivity index (χ4v) is 6.27. The van der Waals surface area contributed by atoms with Crippen LogP contribution >= 0.6 is 11.3 Å². The molecule has 38 heavy (non-hydrogen) atoms. The molecule has 2 aliphatic heterocycles. The van der Waals surface area contributed by atoms with Crippen molar-refractivity contribution in [3.05, 3.63) is 63.5 Å². The minimum absolute atomic E-state index is 0.0369. The third-order valence-corrected chi connectivity index (χ3v) is 8.27. The van der Waals surface area contributed by atoms with Crippen molar-refractivity contribution in [1.29, 1.82) is 0 Å². The molecule has 0 saturated carbocycles. The Morgan fingerprint density at radius 3 is 2.71 bits per heavy atom. The minimum Gasteiger partial charge on any atom is -0.488 e. The number of piperidine rings is 1. The molecule has 2 aromatic carbocycles. The lowest BCUT2D eigenvalue weighted by Gasteiger charge is -2.32. The number of thiazole rings is 1. The summed E-state index contributed by atoms with van der Waals surface area (Å²) >= 11 is 1.65. The topological polar surface area (TPSA) is 63.7 Å². The Bertz CT molecular complexity index is 1300. The maximum atomic E-state index is 12.5. The summed E-state index contributed by atoms with van der Waals surface area (Å²) in [7, 11) is 0. The zero-order valence-electron chi connectivity index (χ0n) is 23.2. The van der Waals surface area contributed by atoms with Gasteiger partial charge in [0.2, 0.25) is 0 Å². The Hall–Kier alpha value is -2.90. The smallest absolute Gasteiger partial charge is 0.309 e. The third-order valence-electron chi connectivity index (χ3n) is 7.37. The highest BCUT2D eigenvalue weighted by Gasteiger charge is 2.30. The van der Waals surface area contributed by atoms with Gasteiger partial charge in [0.05, 0.1) is 11.6 Å². The van der Waals surface area contributed by atoms with Crippen LogP contribution in [0.1, 0.15) is 61.4 Å². The molecule has 2 aliphatic rings. The van der Waals surface area contributed by atoms with Gasteiger partial charge in [-0.3, -0.25) is 4.79 Å². The number of fused-ring (bicyclic) bond motifs is 1. The van der Waals surface area contributed by atoms with Crippen LogP contribution in [0, 0.1) is 19.8 Å². The van der Waals surface area contributed by atoms with Gasteiger partial charge >= 0.3 is 5.97 Å². The third kappa shape index (κ3) is 6.05. The first-order valence-electron chi connectivity index (χ1n) is 13.7. The van der Waals surface area contributed by atoms with Gasteiger partial charge in [-0.2, -0.15) is 0 Å². The summed E-state index contributed by atoms with van der Waals surface area (Å²) in [6.45, 7) is 14.2. The van der Waals surface area contributed by atoms with E-state index in [0.717, 1.165) is 73.1 Å². The molecule has 1 N–H and O–H groups in total. The second-order valence-electron chi connectivity index (χ2n) is 11.5. The number of hydrogen-bond donors (Lipinski definition) is 1. The summed E-state index contributed by atoms with van der Waals surface area (Å²) in [6, 6.07) is 10.8. The van der Waals surface area contributed by atoms with Crippen LogP contribution in [0.2, 0.25) is 0 Å². The quantitative estimate of drug-likeness (QED) is 0.380. The molecule has 3 heterocycles. The minimum atomic E-state index is -0.442. The van der Waals surface area contributed by atoms with Crippen LogP contribution in [0.5, 0.6) is 5.75 Å². The second-order valence-corrected chi connectivity index (χ2v) is 12.4. The molecule has 1 fully saturated rings. The zero-order valence-corrected chi connectivity index (χ0v) is 24.0. The molecular weight excluding hydrogens is 494 g/mol. The van der Waals surface area contributed by atoms with E-state index in [1.54, 1.807) is 11.3 Å². The highest BCUT2D eigenvalue weighted by molar-refractivity contribution is 7.14. The van der Waals surface area contributed by atoms with Crippen LogP contribution in [0.4, 0.5) is 5.13 Å². The lowest BCUT2D eigenvalue weighted by molar-refractivity contribution is -0.160. The van der Waals surface area contributed by atoms with E-state index in [2.05, 4.69) is 59.8 Å². The number of esters is 1. The second kappa shape index (κ2) is 11.1. The Morgan fingerprint density at radius 1 is 1.16 bits per heavy atom. The van der Waals surface area contributed by atoms with E-state index in [1.807, 2.05) is 20.8 Å². The predicted octanol–water partition coefficient (Wildman–Crippen LogP) is 6.21. The lowest BCUT2D eigenvalue weighted by atomic mass is 9.94. The number of anilines is 1. The molecule has 0 radical (unpaired) electrons. The maximum absolute atomic E-state index is 12.5. The Kier molecular flexibility index (Phi) is 7.78. The van der Waals surface area contributed by atoms with Gasteiger partial charge in [-0.25, -0.2) is 4.98 Å². The molecule has 0 bridgehead atoms. The van der Waals surface area contributed by atoms with Crippen LogP contribution < -0.4 is 15.0 Å². The Morgan fingerprint density at radius 2 is 1.95 bits per heavy atom. The van der Waals surface area contributed by atoms with E-state index < -0.39 is 5.60 Å². The molecule has 6 nitrogen and oxygen atoms in total. The first kappa shape index (κ1) is 26.7. The molecule has 0 aliphatic carbocycles. The highest BCUT2D eigenvalue weighted by Crippen LogP contribution is 2.37. The molecule has 202 valence electrons. The van der Waals surface area contributed by atoms with Crippen LogP contribution in [-0.4, -0.2) is 36.2 Å². The molecule has 1 saturated heterocycles. The zero-order chi connectivity index (χ0) is 26.9. The number of ether oxygens (including phenoxy) is 2. The molecular formula is C31H39N3O3S. The fourth-order valence-electron chi connectivity index (χ4n) is 5.39. The van der Waals surface area contributed by atoms with Crippen molar-refractivity contribution >= 4 is 22.4 Å². The molecule has 5 rings (SSSR count). The van der Waals surface area contributed by atoms with Gasteiger partial charge in [0.1, 0.15) is 18.0 Å². The normalized spacial score (nSPS) is 16.3. The van der Waals surface area contributed by atoms with Gasteiger partial charge in [0, 0.05) is 30.6 Å². The van der Waals surface area contributed by atoms with Crippen LogP contribution in [0.25, 0.3) is 11.3 Å². The first-order valence-corrected chi connectivity index (χ1v) is 14.5. The summed E-state index contributed by atoms with van der Waals surface area (Å²) in [5.41, 5.74) is 8.04. The molecule has 0 atom stereocenters. The number of benzene rings is 2. The van der Waals surface area contributed by atoms with Gasteiger partial charge < -0.3 is 19.7 Å². The van der Waals surface area contributed by atoms with Crippen molar-refractivity contribution in [3.63, 3.8) is 0 Å². The number of para-hydroxylation sites is 1. The average Bonchev–Trinajstić information content (AvgIpc) is 3.37. The number of nitrogens with zero attached hydrogens (tertiary/aromatic N) is 2.